The van der Waals surface area contributed by atoms with E-state index in [2.05, 4.69) is 9.78 Å². The van der Waals surface area contributed by atoms with E-state index >= 15 is 0 Å². The van der Waals surface area contributed by atoms with E-state index in [-0.39, 0.29) is 6.42 Å². The molecule has 5 heteroatoms. The fourth-order valence-electron chi connectivity index (χ4n) is 1.99. The van der Waals surface area contributed by atoms with Crippen molar-refractivity contribution in [2.24, 2.45) is 0 Å². The van der Waals surface area contributed by atoms with Crippen LogP contribution in [0.1, 0.15) is 35.9 Å². The first-order valence-electron chi connectivity index (χ1n) is 5.55. The molecule has 0 aliphatic carbocycles. The minimum atomic E-state index is -0.748. The predicted molar refractivity (Wildman–Crippen MR) is 63.6 cm³/mol. The molecular weight excluding hydrogens is 224 g/mol. The van der Waals surface area contributed by atoms with E-state index in [1.807, 2.05) is 24.9 Å². The number of hydrogen-bond donors (Lipinski definition) is 1. The van der Waals surface area contributed by atoms with Gasteiger partial charge in [-0.05, 0) is 37.5 Å². The molecule has 1 aliphatic rings. The second kappa shape index (κ2) is 4.91. The van der Waals surface area contributed by atoms with Crippen LogP contribution in [0.5, 0.6) is 0 Å². The molecule has 4 nitrogen and oxygen atoms in total. The van der Waals surface area contributed by atoms with Crippen LogP contribution in [0.25, 0.3) is 0 Å². The van der Waals surface area contributed by atoms with E-state index in [9.17, 15) is 4.79 Å². The highest BCUT2D eigenvalue weighted by Gasteiger charge is 2.20. The van der Waals surface area contributed by atoms with E-state index in [1.54, 1.807) is 0 Å². The Bertz CT molecular complexity index is 383. The van der Waals surface area contributed by atoms with Crippen LogP contribution in [0.15, 0.2) is 6.20 Å². The molecule has 1 fully saturated rings. The molecule has 1 unspecified atom stereocenters. The van der Waals surface area contributed by atoms with Crippen LogP contribution in [0, 0.1) is 6.92 Å². The van der Waals surface area contributed by atoms with Crippen LogP contribution in [0.3, 0.4) is 0 Å². The van der Waals surface area contributed by atoms with Crippen LogP contribution in [0.2, 0.25) is 0 Å². The van der Waals surface area contributed by atoms with Crippen LogP contribution in [-0.4, -0.2) is 26.6 Å². The molecule has 0 radical (unpaired) electrons. The van der Waals surface area contributed by atoms with Crippen LogP contribution in [0.4, 0.5) is 0 Å². The fourth-order valence-corrected chi connectivity index (χ4v) is 3.28. The first-order chi connectivity index (χ1) is 7.68. The number of aromatic nitrogens is 2. The zero-order valence-electron chi connectivity index (χ0n) is 9.35. The highest BCUT2D eigenvalue weighted by molar-refractivity contribution is 7.99. The van der Waals surface area contributed by atoms with Crippen molar-refractivity contribution < 1.29 is 9.90 Å². The number of rotatable bonds is 4. The van der Waals surface area contributed by atoms with E-state index < -0.39 is 5.97 Å². The van der Waals surface area contributed by atoms with Crippen LogP contribution in [-0.2, 0) is 11.2 Å². The summed E-state index contributed by atoms with van der Waals surface area (Å²) in [6.07, 6.45) is 5.00. The number of thioether (sulfide) groups is 1. The van der Waals surface area contributed by atoms with Gasteiger partial charge in [0.1, 0.15) is 0 Å². The highest BCUT2D eigenvalue weighted by Crippen LogP contribution is 2.36. The molecule has 1 aromatic heterocycles. The molecule has 1 saturated heterocycles. The zero-order chi connectivity index (χ0) is 11.5. The molecular formula is C11H16N2O2S. The van der Waals surface area contributed by atoms with Gasteiger partial charge in [0.2, 0.25) is 0 Å². The SMILES string of the molecule is Cc1c(CCC(=O)O)cnn1C1CCCS1. The number of hydrogen-bond acceptors (Lipinski definition) is 3. The van der Waals surface area contributed by atoms with Crippen LogP contribution < -0.4 is 0 Å². The molecule has 0 spiro atoms. The van der Waals surface area contributed by atoms with Gasteiger partial charge in [0, 0.05) is 12.1 Å². The monoisotopic (exact) mass is 240 g/mol. The van der Waals surface area contributed by atoms with Gasteiger partial charge in [0.05, 0.1) is 11.6 Å². The number of aliphatic carboxylic acids is 1. The summed E-state index contributed by atoms with van der Waals surface area (Å²) in [6, 6.07) is 0. The summed E-state index contributed by atoms with van der Waals surface area (Å²) in [5.74, 6) is 0.455. The Morgan fingerprint density at radius 3 is 3.19 bits per heavy atom. The molecule has 0 aromatic carbocycles. The third-order valence-electron chi connectivity index (χ3n) is 2.93. The van der Waals surface area contributed by atoms with Crippen LogP contribution >= 0.6 is 11.8 Å². The lowest BCUT2D eigenvalue weighted by molar-refractivity contribution is -0.136. The summed E-state index contributed by atoms with van der Waals surface area (Å²) in [4.78, 5) is 10.5. The van der Waals surface area contributed by atoms with Crippen molar-refractivity contribution in [3.8, 4) is 0 Å². The number of carbonyl (C=O) groups is 1. The first kappa shape index (κ1) is 11.5. The van der Waals surface area contributed by atoms with E-state index in [1.165, 1.54) is 18.6 Å². The third-order valence-corrected chi connectivity index (χ3v) is 4.28. The minimum absolute atomic E-state index is 0.185. The van der Waals surface area contributed by atoms with Crippen molar-refractivity contribution in [1.29, 1.82) is 0 Å². The molecule has 2 rings (SSSR count). The zero-order valence-corrected chi connectivity index (χ0v) is 10.2. The predicted octanol–water partition coefficient (Wildman–Crippen LogP) is 2.23. The third kappa shape index (κ3) is 2.40. The number of aryl methyl sites for hydroxylation is 1. The molecule has 88 valence electrons. The lowest BCUT2D eigenvalue weighted by atomic mass is 10.1. The topological polar surface area (TPSA) is 55.1 Å². The number of carboxylic acids is 1. The van der Waals surface area contributed by atoms with Crippen molar-refractivity contribution in [3.05, 3.63) is 17.5 Å². The Balaban J connectivity index is 2.07. The molecule has 1 aliphatic heterocycles. The fraction of sp³-hybridized carbons (Fsp3) is 0.636. The molecule has 1 aromatic rings. The summed E-state index contributed by atoms with van der Waals surface area (Å²) in [7, 11) is 0. The second-order valence-electron chi connectivity index (χ2n) is 4.06. The maximum absolute atomic E-state index is 10.5. The van der Waals surface area contributed by atoms with E-state index in [4.69, 9.17) is 5.11 Å². The van der Waals surface area contributed by atoms with E-state index in [0.717, 1.165) is 11.3 Å². The van der Waals surface area contributed by atoms with Gasteiger partial charge in [-0.1, -0.05) is 0 Å². The average Bonchev–Trinajstić information content (AvgIpc) is 2.84. The van der Waals surface area contributed by atoms with Crippen molar-refractivity contribution in [3.63, 3.8) is 0 Å². The summed E-state index contributed by atoms with van der Waals surface area (Å²) in [6.45, 7) is 2.03. The van der Waals surface area contributed by atoms with Gasteiger partial charge in [-0.2, -0.15) is 5.10 Å². The molecule has 0 saturated carbocycles. The lowest BCUT2D eigenvalue weighted by Crippen LogP contribution is -2.06. The smallest absolute Gasteiger partial charge is 0.303 e. The largest absolute Gasteiger partial charge is 0.481 e. The van der Waals surface area contributed by atoms with Crippen molar-refractivity contribution in [1.82, 2.24) is 9.78 Å². The van der Waals surface area contributed by atoms with Gasteiger partial charge in [0.25, 0.3) is 0 Å². The summed E-state index contributed by atoms with van der Waals surface area (Å²) in [5, 5.41) is 13.5. The Morgan fingerprint density at radius 2 is 2.56 bits per heavy atom. The maximum Gasteiger partial charge on any atom is 0.303 e. The summed E-state index contributed by atoms with van der Waals surface area (Å²) in [5.41, 5.74) is 2.19. The molecule has 2 heterocycles. The van der Waals surface area contributed by atoms with Crippen molar-refractivity contribution >= 4 is 17.7 Å². The van der Waals surface area contributed by atoms with Gasteiger partial charge in [0.15, 0.2) is 0 Å². The lowest BCUT2D eigenvalue weighted by Gasteiger charge is -2.11. The maximum atomic E-state index is 10.5. The number of nitrogens with zero attached hydrogens (tertiary/aromatic N) is 2. The summed E-state index contributed by atoms with van der Waals surface area (Å²) >= 11 is 1.93. The Hall–Kier alpha value is -0.970. The Morgan fingerprint density at radius 1 is 1.75 bits per heavy atom. The molecule has 1 atom stereocenters. The quantitative estimate of drug-likeness (QED) is 0.877. The van der Waals surface area contributed by atoms with Gasteiger partial charge in [-0.3, -0.25) is 9.48 Å². The molecule has 0 amide bonds. The number of carboxylic acid groups (broad SMARTS) is 1. The normalized spacial score (nSPS) is 20.2. The summed E-state index contributed by atoms with van der Waals surface area (Å²) < 4.78 is 2.05. The highest BCUT2D eigenvalue weighted by atomic mass is 32.2. The van der Waals surface area contributed by atoms with Gasteiger partial charge in [-0.25, -0.2) is 0 Å². The average molecular weight is 240 g/mol. The van der Waals surface area contributed by atoms with Gasteiger partial charge in [-0.15, -0.1) is 11.8 Å². The van der Waals surface area contributed by atoms with Gasteiger partial charge < -0.3 is 5.11 Å². The molecule has 16 heavy (non-hydrogen) atoms. The van der Waals surface area contributed by atoms with Crippen molar-refractivity contribution in [2.45, 2.75) is 38.0 Å². The molecule has 1 N–H and O–H groups in total. The first-order valence-corrected chi connectivity index (χ1v) is 6.59. The second-order valence-corrected chi connectivity index (χ2v) is 5.35. The Kier molecular flexibility index (Phi) is 3.53. The van der Waals surface area contributed by atoms with E-state index in [0.29, 0.717) is 11.8 Å². The van der Waals surface area contributed by atoms with Crippen molar-refractivity contribution in [2.75, 3.05) is 5.75 Å². The van der Waals surface area contributed by atoms with Gasteiger partial charge >= 0.3 is 5.97 Å². The standard InChI is InChI=1S/C11H16N2O2S/c1-8-9(4-5-11(14)15)7-12-13(8)10-3-2-6-16-10/h7,10H,2-6H2,1H3,(H,14,15). The molecule has 0 bridgehead atoms. The minimum Gasteiger partial charge on any atom is -0.481 e. The Labute approximate surface area is 99.0 Å².